The van der Waals surface area contributed by atoms with E-state index in [-0.39, 0.29) is 11.3 Å². The fourth-order valence-corrected chi connectivity index (χ4v) is 5.35. The molecule has 0 aliphatic heterocycles. The molecule has 32 heavy (non-hydrogen) atoms. The maximum absolute atomic E-state index is 12.9. The van der Waals surface area contributed by atoms with Crippen LogP contribution in [-0.4, -0.2) is 25.6 Å². The molecular formula is C21H17N5O3S3. The van der Waals surface area contributed by atoms with E-state index in [9.17, 15) is 14.9 Å². The van der Waals surface area contributed by atoms with E-state index in [1.807, 2.05) is 29.6 Å². The monoisotopic (exact) mass is 483 g/mol. The van der Waals surface area contributed by atoms with E-state index in [0.717, 1.165) is 22.4 Å². The quantitative estimate of drug-likeness (QED) is 0.201. The Kier molecular flexibility index (Phi) is 6.88. The summed E-state index contributed by atoms with van der Waals surface area (Å²) in [6.07, 6.45) is 1.52. The smallest absolute Gasteiger partial charge is 0.284 e. The Bertz CT molecular complexity index is 1260. The van der Waals surface area contributed by atoms with Crippen molar-refractivity contribution in [2.75, 3.05) is 5.32 Å². The molecule has 1 amide bonds. The predicted octanol–water partition coefficient (Wildman–Crippen LogP) is 5.48. The summed E-state index contributed by atoms with van der Waals surface area (Å²) >= 11 is 4.39. The lowest BCUT2D eigenvalue weighted by Crippen LogP contribution is -2.13. The summed E-state index contributed by atoms with van der Waals surface area (Å²) in [6.45, 7) is 0. The van der Waals surface area contributed by atoms with E-state index in [0.29, 0.717) is 15.7 Å². The minimum absolute atomic E-state index is 0.161. The number of hydrogen-bond donors (Lipinski definition) is 1. The Morgan fingerprint density at radius 3 is 2.78 bits per heavy atom. The fraction of sp³-hybridized carbons (Fsp3) is 0.0952. The Morgan fingerprint density at radius 1 is 1.22 bits per heavy atom. The second kappa shape index (κ2) is 9.98. The lowest BCUT2D eigenvalue weighted by atomic mass is 10.2. The first-order chi connectivity index (χ1) is 15.5. The number of aromatic nitrogens is 3. The molecule has 8 nitrogen and oxygen atoms in total. The van der Waals surface area contributed by atoms with Crippen molar-refractivity contribution in [1.29, 1.82) is 0 Å². The van der Waals surface area contributed by atoms with Crippen molar-refractivity contribution in [1.82, 2.24) is 14.8 Å². The summed E-state index contributed by atoms with van der Waals surface area (Å²) in [5, 5.41) is 26.9. The molecule has 0 saturated heterocycles. The first-order valence-corrected chi connectivity index (χ1v) is 12.1. The predicted molar refractivity (Wildman–Crippen MR) is 126 cm³/mol. The number of benzene rings is 2. The number of nitrogens with one attached hydrogen (secondary N) is 1. The molecule has 11 heteroatoms. The normalized spacial score (nSPS) is 10.8. The van der Waals surface area contributed by atoms with Crippen LogP contribution in [0.25, 0.3) is 0 Å². The number of aryl methyl sites for hydroxylation is 1. The molecule has 1 N–H and O–H groups in total. The first kappa shape index (κ1) is 22.1. The van der Waals surface area contributed by atoms with Gasteiger partial charge >= 0.3 is 0 Å². The van der Waals surface area contributed by atoms with E-state index in [1.54, 1.807) is 46.8 Å². The molecule has 0 aliphatic carbocycles. The average Bonchev–Trinajstić information content (AvgIpc) is 3.45. The SMILES string of the molecule is Cn1cnnc1Sc1ccc(C(=O)Nc2ccccc2SCc2ccsc2)cc1[N+](=O)[O-]. The van der Waals surface area contributed by atoms with E-state index >= 15 is 0 Å². The number of nitro benzene ring substituents is 1. The lowest BCUT2D eigenvalue weighted by molar-refractivity contribution is -0.387. The third-order valence-corrected chi connectivity index (χ3v) is 7.39. The van der Waals surface area contributed by atoms with Crippen LogP contribution >= 0.6 is 34.9 Å². The molecule has 0 fully saturated rings. The topological polar surface area (TPSA) is 103 Å². The number of nitrogens with zero attached hydrogens (tertiary/aromatic N) is 4. The summed E-state index contributed by atoms with van der Waals surface area (Å²) in [6, 6.07) is 14.0. The number of rotatable bonds is 8. The third kappa shape index (κ3) is 5.18. The van der Waals surface area contributed by atoms with Crippen molar-refractivity contribution in [2.45, 2.75) is 20.7 Å². The summed E-state index contributed by atoms with van der Waals surface area (Å²) in [5.74, 6) is 0.377. The lowest BCUT2D eigenvalue weighted by Gasteiger charge is -2.11. The van der Waals surface area contributed by atoms with Crippen LogP contribution in [0.4, 0.5) is 11.4 Å². The van der Waals surface area contributed by atoms with Gasteiger partial charge in [-0.1, -0.05) is 12.1 Å². The zero-order valence-electron chi connectivity index (χ0n) is 16.8. The molecule has 0 atom stereocenters. The van der Waals surface area contributed by atoms with E-state index < -0.39 is 10.8 Å². The molecular weight excluding hydrogens is 466 g/mol. The molecule has 0 radical (unpaired) electrons. The highest BCUT2D eigenvalue weighted by Crippen LogP contribution is 2.35. The van der Waals surface area contributed by atoms with Crippen molar-refractivity contribution in [3.63, 3.8) is 0 Å². The molecule has 4 aromatic rings. The van der Waals surface area contributed by atoms with Crippen LogP contribution in [-0.2, 0) is 12.8 Å². The second-order valence-corrected chi connectivity index (χ2v) is 9.44. The second-order valence-electron chi connectivity index (χ2n) is 6.64. The van der Waals surface area contributed by atoms with Gasteiger partial charge in [0.15, 0.2) is 5.16 Å². The number of nitro groups is 1. The van der Waals surface area contributed by atoms with Gasteiger partial charge in [-0.2, -0.15) is 11.3 Å². The average molecular weight is 484 g/mol. The van der Waals surface area contributed by atoms with Gasteiger partial charge < -0.3 is 9.88 Å². The Labute approximate surface area is 196 Å². The molecule has 0 saturated carbocycles. The maximum Gasteiger partial charge on any atom is 0.284 e. The van der Waals surface area contributed by atoms with Crippen LogP contribution in [0, 0.1) is 10.1 Å². The number of hydrogen-bond acceptors (Lipinski definition) is 8. The summed E-state index contributed by atoms with van der Waals surface area (Å²) < 4.78 is 1.67. The molecule has 2 heterocycles. The Hall–Kier alpha value is -3.15. The molecule has 2 aromatic carbocycles. The van der Waals surface area contributed by atoms with Gasteiger partial charge in [-0.15, -0.1) is 22.0 Å². The molecule has 2 aromatic heterocycles. The first-order valence-electron chi connectivity index (χ1n) is 9.36. The molecule has 4 rings (SSSR count). The number of carbonyl (C=O) groups excluding carboxylic acids is 1. The van der Waals surface area contributed by atoms with Gasteiger partial charge in [-0.05, 0) is 58.4 Å². The van der Waals surface area contributed by atoms with E-state index in [1.165, 1.54) is 18.0 Å². The fourth-order valence-electron chi connectivity index (χ4n) is 2.78. The number of thioether (sulfide) groups is 1. The van der Waals surface area contributed by atoms with Crippen LogP contribution in [0.1, 0.15) is 15.9 Å². The van der Waals surface area contributed by atoms with Gasteiger partial charge in [0.05, 0.1) is 15.5 Å². The highest BCUT2D eigenvalue weighted by atomic mass is 32.2. The number of carbonyl (C=O) groups is 1. The van der Waals surface area contributed by atoms with Crippen LogP contribution in [0.15, 0.2) is 80.6 Å². The third-order valence-electron chi connectivity index (χ3n) is 4.40. The standard InChI is InChI=1S/C21H17N5O3S3/c1-25-13-22-24-21(25)32-19-7-6-15(10-17(19)26(28)29)20(27)23-16-4-2-3-5-18(16)31-12-14-8-9-30-11-14/h2-11,13H,12H2,1H3,(H,23,27). The van der Waals surface area contributed by atoms with Crippen LogP contribution < -0.4 is 5.32 Å². The number of anilines is 1. The van der Waals surface area contributed by atoms with E-state index in [2.05, 4.69) is 27.0 Å². The Balaban J connectivity index is 1.53. The van der Waals surface area contributed by atoms with Crippen molar-refractivity contribution in [3.05, 3.63) is 86.9 Å². The van der Waals surface area contributed by atoms with Crippen molar-refractivity contribution < 1.29 is 9.72 Å². The summed E-state index contributed by atoms with van der Waals surface area (Å²) in [5.41, 5.74) is 1.92. The number of para-hydroxylation sites is 1. The maximum atomic E-state index is 12.9. The minimum Gasteiger partial charge on any atom is -0.321 e. The number of amides is 1. The van der Waals surface area contributed by atoms with Gasteiger partial charge in [0.2, 0.25) is 0 Å². The molecule has 0 bridgehead atoms. The minimum atomic E-state index is -0.500. The molecule has 0 unspecified atom stereocenters. The highest BCUT2D eigenvalue weighted by molar-refractivity contribution is 7.99. The van der Waals surface area contributed by atoms with Crippen molar-refractivity contribution in [2.24, 2.45) is 7.05 Å². The zero-order valence-corrected chi connectivity index (χ0v) is 19.2. The summed E-state index contributed by atoms with van der Waals surface area (Å²) in [4.78, 5) is 25.3. The van der Waals surface area contributed by atoms with E-state index in [4.69, 9.17) is 0 Å². The molecule has 0 aliphatic rings. The molecule has 0 spiro atoms. The van der Waals surface area contributed by atoms with Gasteiger partial charge in [0.25, 0.3) is 11.6 Å². The van der Waals surface area contributed by atoms with Gasteiger partial charge in [-0.3, -0.25) is 14.9 Å². The van der Waals surface area contributed by atoms with Crippen LogP contribution in [0.3, 0.4) is 0 Å². The van der Waals surface area contributed by atoms with Crippen molar-refractivity contribution >= 4 is 52.1 Å². The van der Waals surface area contributed by atoms with Gasteiger partial charge in [0, 0.05) is 29.3 Å². The Morgan fingerprint density at radius 2 is 2.06 bits per heavy atom. The number of thiophene rings is 1. The summed E-state index contributed by atoms with van der Waals surface area (Å²) in [7, 11) is 1.75. The zero-order chi connectivity index (χ0) is 22.5. The highest BCUT2D eigenvalue weighted by Gasteiger charge is 2.20. The van der Waals surface area contributed by atoms with Gasteiger partial charge in [-0.25, -0.2) is 0 Å². The largest absolute Gasteiger partial charge is 0.321 e. The molecule has 162 valence electrons. The van der Waals surface area contributed by atoms with Crippen molar-refractivity contribution in [3.8, 4) is 0 Å². The van der Waals surface area contributed by atoms with Crippen LogP contribution in [0.2, 0.25) is 0 Å². The van der Waals surface area contributed by atoms with Crippen LogP contribution in [0.5, 0.6) is 0 Å². The van der Waals surface area contributed by atoms with Gasteiger partial charge in [0.1, 0.15) is 6.33 Å².